The number of nitrogens with one attached hydrogen (secondary N) is 1. The first kappa shape index (κ1) is 21.5. The van der Waals surface area contributed by atoms with Crippen molar-refractivity contribution in [2.24, 2.45) is 11.3 Å². The monoisotopic (exact) mass is 368 g/mol. The van der Waals surface area contributed by atoms with Gasteiger partial charge in [0.1, 0.15) is 5.60 Å². The van der Waals surface area contributed by atoms with Gasteiger partial charge in [-0.1, -0.05) is 25.7 Å². The molecule has 26 heavy (non-hydrogen) atoms. The number of hydrogen-bond acceptors (Lipinski definition) is 4. The summed E-state index contributed by atoms with van der Waals surface area (Å²) in [7, 11) is 0. The van der Waals surface area contributed by atoms with Crippen molar-refractivity contribution in [1.82, 2.24) is 10.2 Å². The van der Waals surface area contributed by atoms with E-state index in [9.17, 15) is 9.90 Å². The number of rotatable bonds is 5. The SMILES string of the molecule is C[C@@H](CO)NCC1(C2CCCCCC2)CCN(C(=O)OC(C)(C)C)CC1. The van der Waals surface area contributed by atoms with Crippen LogP contribution in [0.4, 0.5) is 4.79 Å². The normalized spacial score (nSPS) is 23.3. The highest BCUT2D eigenvalue weighted by atomic mass is 16.6. The molecule has 0 aromatic heterocycles. The van der Waals surface area contributed by atoms with E-state index < -0.39 is 5.60 Å². The Bertz CT molecular complexity index is 431. The van der Waals surface area contributed by atoms with Gasteiger partial charge in [0.25, 0.3) is 0 Å². The summed E-state index contributed by atoms with van der Waals surface area (Å²) in [5.74, 6) is 0.726. The number of likely N-dealkylation sites (tertiary alicyclic amines) is 1. The van der Waals surface area contributed by atoms with Crippen molar-refractivity contribution >= 4 is 6.09 Å². The van der Waals surface area contributed by atoms with Crippen LogP contribution in [0.1, 0.15) is 79.1 Å². The molecule has 1 aliphatic heterocycles. The smallest absolute Gasteiger partial charge is 0.410 e. The maximum Gasteiger partial charge on any atom is 0.410 e. The van der Waals surface area contributed by atoms with Crippen molar-refractivity contribution in [2.75, 3.05) is 26.2 Å². The number of carbonyl (C=O) groups is 1. The van der Waals surface area contributed by atoms with Crippen LogP contribution in [0.3, 0.4) is 0 Å². The Hall–Kier alpha value is -0.810. The minimum absolute atomic E-state index is 0.126. The molecule has 2 N–H and O–H groups in total. The molecule has 0 spiro atoms. The molecule has 2 rings (SSSR count). The van der Waals surface area contributed by atoms with Crippen molar-refractivity contribution < 1.29 is 14.6 Å². The topological polar surface area (TPSA) is 61.8 Å². The van der Waals surface area contributed by atoms with E-state index in [1.54, 1.807) is 0 Å². The molecular weight excluding hydrogens is 328 g/mol. The Labute approximate surface area is 159 Å². The van der Waals surface area contributed by atoms with Crippen LogP contribution in [0.2, 0.25) is 0 Å². The highest BCUT2D eigenvalue weighted by Gasteiger charge is 2.42. The Morgan fingerprint density at radius 1 is 1.19 bits per heavy atom. The number of hydrogen-bond donors (Lipinski definition) is 2. The fourth-order valence-corrected chi connectivity index (χ4v) is 4.52. The maximum absolute atomic E-state index is 12.4. The van der Waals surface area contributed by atoms with Crippen molar-refractivity contribution in [3.8, 4) is 0 Å². The summed E-state index contributed by atoms with van der Waals surface area (Å²) in [6.45, 7) is 10.5. The maximum atomic E-state index is 12.4. The van der Waals surface area contributed by atoms with Crippen LogP contribution in [-0.2, 0) is 4.74 Å². The molecule has 2 fully saturated rings. The third-order valence-corrected chi connectivity index (χ3v) is 6.21. The van der Waals surface area contributed by atoms with Gasteiger partial charge in [0.2, 0.25) is 0 Å². The lowest BCUT2D eigenvalue weighted by Crippen LogP contribution is -2.52. The average molecular weight is 369 g/mol. The molecule has 5 nitrogen and oxygen atoms in total. The van der Waals surface area contributed by atoms with Crippen LogP contribution < -0.4 is 5.32 Å². The molecule has 1 heterocycles. The van der Waals surface area contributed by atoms with Gasteiger partial charge < -0.3 is 20.1 Å². The lowest BCUT2D eigenvalue weighted by atomic mass is 9.65. The summed E-state index contributed by atoms with van der Waals surface area (Å²) in [4.78, 5) is 14.3. The van der Waals surface area contributed by atoms with Gasteiger partial charge in [-0.15, -0.1) is 0 Å². The van der Waals surface area contributed by atoms with E-state index in [0.717, 1.165) is 38.4 Å². The van der Waals surface area contributed by atoms with Crippen molar-refractivity contribution in [1.29, 1.82) is 0 Å². The highest BCUT2D eigenvalue weighted by Crippen LogP contribution is 2.45. The molecule has 1 atom stereocenters. The van der Waals surface area contributed by atoms with Gasteiger partial charge in [-0.25, -0.2) is 4.79 Å². The number of aliphatic hydroxyl groups excluding tert-OH is 1. The average Bonchev–Trinajstić information content (AvgIpc) is 2.88. The molecule has 0 aromatic rings. The minimum Gasteiger partial charge on any atom is -0.444 e. The third-order valence-electron chi connectivity index (χ3n) is 6.21. The zero-order chi connectivity index (χ0) is 19.2. The van der Waals surface area contributed by atoms with Crippen LogP contribution >= 0.6 is 0 Å². The second-order valence-corrected chi connectivity index (χ2v) is 9.48. The molecule has 0 unspecified atom stereocenters. The zero-order valence-corrected chi connectivity index (χ0v) is 17.4. The van der Waals surface area contributed by atoms with Crippen LogP contribution in [0, 0.1) is 11.3 Å². The van der Waals surface area contributed by atoms with Crippen LogP contribution in [-0.4, -0.2) is 54.0 Å². The fourth-order valence-electron chi connectivity index (χ4n) is 4.52. The van der Waals surface area contributed by atoms with E-state index in [2.05, 4.69) is 5.32 Å². The lowest BCUT2D eigenvalue weighted by Gasteiger charge is -2.47. The molecule has 2 aliphatic rings. The Morgan fingerprint density at radius 2 is 1.77 bits per heavy atom. The fraction of sp³-hybridized carbons (Fsp3) is 0.952. The minimum atomic E-state index is -0.439. The zero-order valence-electron chi connectivity index (χ0n) is 17.4. The van der Waals surface area contributed by atoms with Gasteiger partial charge in [0.15, 0.2) is 0 Å². The number of aliphatic hydroxyl groups is 1. The largest absolute Gasteiger partial charge is 0.444 e. The van der Waals surface area contributed by atoms with E-state index in [1.807, 2.05) is 32.6 Å². The van der Waals surface area contributed by atoms with Crippen LogP contribution in [0.25, 0.3) is 0 Å². The predicted octanol–water partition coefficient (Wildman–Crippen LogP) is 3.94. The first-order chi connectivity index (χ1) is 12.3. The molecule has 5 heteroatoms. The first-order valence-corrected chi connectivity index (χ1v) is 10.6. The third kappa shape index (κ3) is 6.12. The van der Waals surface area contributed by atoms with Crippen LogP contribution in [0.5, 0.6) is 0 Å². The lowest BCUT2D eigenvalue weighted by molar-refractivity contribution is -0.00372. The number of piperidine rings is 1. The van der Waals surface area contributed by atoms with Crippen LogP contribution in [0.15, 0.2) is 0 Å². The standard InChI is InChI=1S/C21H40N2O3/c1-17(15-24)22-16-21(18-9-7-5-6-8-10-18)11-13-23(14-12-21)19(25)26-20(2,3)4/h17-18,22,24H,5-16H2,1-4H3/t17-/m0/s1. The second kappa shape index (κ2) is 9.41. The molecule has 0 aromatic carbocycles. The number of carbonyl (C=O) groups excluding carboxylic acids is 1. The summed E-state index contributed by atoms with van der Waals surface area (Å²) < 4.78 is 5.56. The summed E-state index contributed by atoms with van der Waals surface area (Å²) in [6.07, 6.45) is 9.88. The van der Waals surface area contributed by atoms with Gasteiger partial charge in [0.05, 0.1) is 6.61 Å². The van der Waals surface area contributed by atoms with E-state index in [0.29, 0.717) is 0 Å². The summed E-state index contributed by atoms with van der Waals surface area (Å²) in [5.41, 5.74) is -0.197. The highest BCUT2D eigenvalue weighted by molar-refractivity contribution is 5.68. The molecule has 1 saturated carbocycles. The molecule has 0 bridgehead atoms. The van der Waals surface area contributed by atoms with Gasteiger partial charge >= 0.3 is 6.09 Å². The number of ether oxygens (including phenoxy) is 1. The Balaban J connectivity index is 2.02. The molecule has 1 saturated heterocycles. The van der Waals surface area contributed by atoms with Gasteiger partial charge in [-0.05, 0) is 64.7 Å². The van der Waals surface area contributed by atoms with Crippen molar-refractivity contribution in [2.45, 2.75) is 90.7 Å². The van der Waals surface area contributed by atoms with E-state index >= 15 is 0 Å². The van der Waals surface area contributed by atoms with Crippen molar-refractivity contribution in [3.63, 3.8) is 0 Å². The molecule has 0 radical (unpaired) electrons. The predicted molar refractivity (Wildman–Crippen MR) is 105 cm³/mol. The first-order valence-electron chi connectivity index (χ1n) is 10.6. The van der Waals surface area contributed by atoms with E-state index in [4.69, 9.17) is 4.74 Å². The Kier molecular flexibility index (Phi) is 7.77. The number of nitrogens with zero attached hydrogens (tertiary/aromatic N) is 1. The van der Waals surface area contributed by atoms with Gasteiger partial charge in [-0.3, -0.25) is 0 Å². The number of amides is 1. The summed E-state index contributed by atoms with van der Waals surface area (Å²) in [5, 5.41) is 13.0. The quantitative estimate of drug-likeness (QED) is 0.722. The summed E-state index contributed by atoms with van der Waals surface area (Å²) >= 11 is 0. The second-order valence-electron chi connectivity index (χ2n) is 9.48. The molecule has 1 aliphatic carbocycles. The van der Waals surface area contributed by atoms with Crippen molar-refractivity contribution in [3.05, 3.63) is 0 Å². The molecule has 152 valence electrons. The van der Waals surface area contributed by atoms with Gasteiger partial charge in [-0.2, -0.15) is 0 Å². The molecule has 1 amide bonds. The molecular formula is C21H40N2O3. The van der Waals surface area contributed by atoms with Gasteiger partial charge in [0, 0.05) is 25.7 Å². The summed E-state index contributed by atoms with van der Waals surface area (Å²) in [6, 6.07) is 0.126. The Morgan fingerprint density at radius 3 is 2.27 bits per heavy atom. The van der Waals surface area contributed by atoms with E-state index in [-0.39, 0.29) is 24.2 Å². The van der Waals surface area contributed by atoms with E-state index in [1.165, 1.54) is 38.5 Å².